The fourth-order valence-electron chi connectivity index (χ4n) is 3.43. The van der Waals surface area contributed by atoms with E-state index in [0.717, 1.165) is 50.5 Å². The molecule has 1 saturated heterocycles. The number of aromatic nitrogens is 4. The summed E-state index contributed by atoms with van der Waals surface area (Å²) in [6.45, 7) is 8.97. The van der Waals surface area contributed by atoms with Crippen molar-refractivity contribution in [3.8, 4) is 11.3 Å². The van der Waals surface area contributed by atoms with Gasteiger partial charge < -0.3 is 10.2 Å². The first-order valence-corrected chi connectivity index (χ1v) is 9.75. The summed E-state index contributed by atoms with van der Waals surface area (Å²) in [6.07, 6.45) is 0. The second kappa shape index (κ2) is 8.45. The van der Waals surface area contributed by atoms with E-state index in [2.05, 4.69) is 37.3 Å². The Kier molecular flexibility index (Phi) is 5.59. The van der Waals surface area contributed by atoms with E-state index in [1.54, 1.807) is 0 Å². The molecule has 0 spiro atoms. The number of nitrogens with one attached hydrogen (secondary N) is 1. The number of fused-ring (bicyclic) bond motifs is 1. The molecule has 4 rings (SSSR count). The van der Waals surface area contributed by atoms with E-state index in [4.69, 9.17) is 0 Å². The molecule has 28 heavy (non-hydrogen) atoms. The van der Waals surface area contributed by atoms with Gasteiger partial charge in [0.05, 0.1) is 5.69 Å². The third-order valence-corrected chi connectivity index (χ3v) is 5.16. The Balaban J connectivity index is 1.40. The van der Waals surface area contributed by atoms with Crippen molar-refractivity contribution in [2.75, 3.05) is 45.8 Å². The van der Waals surface area contributed by atoms with Crippen molar-refractivity contribution in [2.45, 2.75) is 6.92 Å². The van der Waals surface area contributed by atoms with Gasteiger partial charge >= 0.3 is 0 Å². The van der Waals surface area contributed by atoms with Crippen molar-refractivity contribution in [3.05, 3.63) is 48.3 Å². The van der Waals surface area contributed by atoms with Gasteiger partial charge in [-0.05, 0) is 18.7 Å². The number of hydrogen-bond donors (Lipinski definition) is 1. The average Bonchev–Trinajstić information content (AvgIpc) is 3.18. The average molecular weight is 379 g/mol. The number of piperazine rings is 1. The van der Waals surface area contributed by atoms with Crippen molar-refractivity contribution < 1.29 is 4.79 Å². The van der Waals surface area contributed by atoms with Crippen LogP contribution in [0.25, 0.3) is 16.9 Å². The minimum atomic E-state index is -0.252. The van der Waals surface area contributed by atoms with E-state index in [-0.39, 0.29) is 11.7 Å². The monoisotopic (exact) mass is 379 g/mol. The normalized spacial score (nSPS) is 15.8. The van der Waals surface area contributed by atoms with Crippen LogP contribution in [0.5, 0.6) is 0 Å². The maximum Gasteiger partial charge on any atom is 0.291 e. The summed E-state index contributed by atoms with van der Waals surface area (Å²) in [5.41, 5.74) is 2.31. The third kappa shape index (κ3) is 4.02. The van der Waals surface area contributed by atoms with E-state index >= 15 is 0 Å². The molecule has 3 heterocycles. The minimum absolute atomic E-state index is 0.212. The van der Waals surface area contributed by atoms with Crippen LogP contribution in [0.15, 0.2) is 42.5 Å². The molecule has 1 N–H and O–H groups in total. The molecule has 2 aromatic heterocycles. The molecule has 0 unspecified atom stereocenters. The SMILES string of the molecule is CCN1CCN(CCNC(=O)c2nnc3ccc(-c4ccccc4)nn23)CC1. The number of amides is 1. The van der Waals surface area contributed by atoms with Crippen LogP contribution in [0.1, 0.15) is 17.5 Å². The standard InChI is InChI=1S/C20H25N7O/c1-2-25-12-14-26(15-13-25)11-10-21-20(28)19-23-22-18-9-8-17(24-27(18)19)16-6-4-3-5-7-16/h3-9H,2,10-15H2,1H3,(H,21,28). The molecular formula is C20H25N7O. The van der Waals surface area contributed by atoms with Gasteiger partial charge in [-0.25, -0.2) is 0 Å². The zero-order valence-corrected chi connectivity index (χ0v) is 16.1. The molecule has 146 valence electrons. The lowest BCUT2D eigenvalue weighted by molar-refractivity contribution is 0.0925. The van der Waals surface area contributed by atoms with E-state index in [1.165, 1.54) is 4.52 Å². The van der Waals surface area contributed by atoms with Crippen molar-refractivity contribution in [1.82, 2.24) is 34.9 Å². The van der Waals surface area contributed by atoms with Crippen LogP contribution in [-0.4, -0.2) is 81.3 Å². The number of hydrogen-bond acceptors (Lipinski definition) is 6. The molecule has 1 fully saturated rings. The van der Waals surface area contributed by atoms with Crippen LogP contribution in [0.2, 0.25) is 0 Å². The Morgan fingerprint density at radius 1 is 1.00 bits per heavy atom. The van der Waals surface area contributed by atoms with Crippen LogP contribution < -0.4 is 5.32 Å². The van der Waals surface area contributed by atoms with E-state index in [1.807, 2.05) is 42.5 Å². The predicted octanol–water partition coefficient (Wildman–Crippen LogP) is 1.16. The highest BCUT2D eigenvalue weighted by atomic mass is 16.2. The molecule has 8 nitrogen and oxygen atoms in total. The first-order valence-electron chi connectivity index (χ1n) is 9.75. The highest BCUT2D eigenvalue weighted by Crippen LogP contribution is 2.16. The van der Waals surface area contributed by atoms with Crippen molar-refractivity contribution in [2.24, 2.45) is 0 Å². The maximum absolute atomic E-state index is 12.6. The quantitative estimate of drug-likeness (QED) is 0.692. The smallest absolute Gasteiger partial charge is 0.291 e. The molecule has 3 aromatic rings. The number of carbonyl (C=O) groups excluding carboxylic acids is 1. The Morgan fingerprint density at radius 2 is 1.75 bits per heavy atom. The topological polar surface area (TPSA) is 78.7 Å². The summed E-state index contributed by atoms with van der Waals surface area (Å²) in [4.78, 5) is 17.4. The second-order valence-corrected chi connectivity index (χ2v) is 6.91. The maximum atomic E-state index is 12.6. The first kappa shape index (κ1) is 18.5. The van der Waals surface area contributed by atoms with Gasteiger partial charge in [-0.15, -0.1) is 10.2 Å². The van der Waals surface area contributed by atoms with Gasteiger partial charge in [0.1, 0.15) is 0 Å². The van der Waals surface area contributed by atoms with Gasteiger partial charge in [-0.1, -0.05) is 37.3 Å². The molecule has 1 aromatic carbocycles. The molecule has 0 radical (unpaired) electrons. The Bertz CT molecular complexity index is 932. The fraction of sp³-hybridized carbons (Fsp3) is 0.400. The van der Waals surface area contributed by atoms with E-state index in [9.17, 15) is 4.79 Å². The molecule has 0 atom stereocenters. The zero-order valence-electron chi connectivity index (χ0n) is 16.1. The molecule has 8 heteroatoms. The molecule has 1 amide bonds. The second-order valence-electron chi connectivity index (χ2n) is 6.91. The third-order valence-electron chi connectivity index (χ3n) is 5.16. The van der Waals surface area contributed by atoms with Gasteiger partial charge in [-0.2, -0.15) is 9.61 Å². The van der Waals surface area contributed by atoms with E-state index in [0.29, 0.717) is 12.2 Å². The van der Waals surface area contributed by atoms with Crippen LogP contribution in [0.4, 0.5) is 0 Å². The van der Waals surface area contributed by atoms with Gasteiger partial charge in [0.25, 0.3) is 5.91 Å². The lowest BCUT2D eigenvalue weighted by Gasteiger charge is -2.33. The molecule has 1 aliphatic heterocycles. The number of nitrogens with zero attached hydrogens (tertiary/aromatic N) is 6. The Morgan fingerprint density at radius 3 is 2.50 bits per heavy atom. The predicted molar refractivity (Wildman–Crippen MR) is 107 cm³/mol. The first-order chi connectivity index (χ1) is 13.7. The summed E-state index contributed by atoms with van der Waals surface area (Å²) in [5, 5.41) is 15.6. The van der Waals surface area contributed by atoms with Gasteiger partial charge in [0.15, 0.2) is 5.65 Å². The summed E-state index contributed by atoms with van der Waals surface area (Å²) < 4.78 is 1.51. The van der Waals surface area contributed by atoms with Crippen LogP contribution in [0.3, 0.4) is 0 Å². The van der Waals surface area contributed by atoms with Crippen molar-refractivity contribution in [1.29, 1.82) is 0 Å². The van der Waals surface area contributed by atoms with Crippen molar-refractivity contribution >= 4 is 11.6 Å². The molecule has 1 aliphatic rings. The van der Waals surface area contributed by atoms with Crippen LogP contribution in [-0.2, 0) is 0 Å². The molecular weight excluding hydrogens is 354 g/mol. The molecule has 0 aliphatic carbocycles. The summed E-state index contributed by atoms with van der Waals surface area (Å²) in [7, 11) is 0. The number of likely N-dealkylation sites (N-methyl/N-ethyl adjacent to an activating group) is 1. The lowest BCUT2D eigenvalue weighted by Crippen LogP contribution is -2.48. The number of carbonyl (C=O) groups is 1. The molecule has 0 bridgehead atoms. The summed E-state index contributed by atoms with van der Waals surface area (Å²) in [6, 6.07) is 13.6. The fourth-order valence-corrected chi connectivity index (χ4v) is 3.43. The minimum Gasteiger partial charge on any atom is -0.348 e. The largest absolute Gasteiger partial charge is 0.348 e. The van der Waals surface area contributed by atoms with Crippen molar-refractivity contribution in [3.63, 3.8) is 0 Å². The number of rotatable bonds is 6. The Labute approximate surface area is 164 Å². The van der Waals surface area contributed by atoms with Crippen LogP contribution >= 0.6 is 0 Å². The van der Waals surface area contributed by atoms with Crippen LogP contribution in [0, 0.1) is 0 Å². The summed E-state index contributed by atoms with van der Waals surface area (Å²) >= 11 is 0. The van der Waals surface area contributed by atoms with E-state index < -0.39 is 0 Å². The Hall–Kier alpha value is -2.84. The molecule has 0 saturated carbocycles. The number of benzene rings is 1. The van der Waals surface area contributed by atoms with Gasteiger partial charge in [0.2, 0.25) is 5.82 Å². The summed E-state index contributed by atoms with van der Waals surface area (Å²) in [5.74, 6) is -0.0408. The highest BCUT2D eigenvalue weighted by Gasteiger charge is 2.18. The highest BCUT2D eigenvalue weighted by molar-refractivity contribution is 5.91. The van der Waals surface area contributed by atoms with Gasteiger partial charge in [-0.3, -0.25) is 9.69 Å². The zero-order chi connectivity index (χ0) is 19.3. The van der Waals surface area contributed by atoms with Gasteiger partial charge in [0, 0.05) is 44.8 Å². The lowest BCUT2D eigenvalue weighted by atomic mass is 10.1.